The van der Waals surface area contributed by atoms with Gasteiger partial charge in [-0.05, 0) is 86.9 Å². The number of hydrogen-bond acceptors (Lipinski definition) is 6. The standard InChI is InChI=1S/C28H35ClN4O2.C4H9N/c1-4-7-26(35-3)31-28(33-16-20-14-25(34)23(17-33)30-20)21-12-13-32(15-18(21)2)24-11-6-9-19-8-5-10-22(29)27(19)24;1-2-4-5-3-1/h5-11,20,23,25,30,34H,4,12-17H2,1-3H3;5H,1-4H2/b26-7-,31-28+;. The number of likely N-dealkylation sites (tertiary alicyclic amines) is 1. The zero-order chi connectivity index (χ0) is 28.1. The van der Waals surface area contributed by atoms with Crippen molar-refractivity contribution in [1.29, 1.82) is 0 Å². The molecule has 4 aliphatic heterocycles. The molecule has 3 unspecified atom stereocenters. The van der Waals surface area contributed by atoms with Gasteiger partial charge in [-0.25, -0.2) is 0 Å². The van der Waals surface area contributed by atoms with Gasteiger partial charge in [0.15, 0.2) is 0 Å². The van der Waals surface area contributed by atoms with E-state index in [0.29, 0.717) is 5.88 Å². The monoisotopic (exact) mass is 565 g/mol. The van der Waals surface area contributed by atoms with Gasteiger partial charge in [-0.2, -0.15) is 4.99 Å². The van der Waals surface area contributed by atoms with Crippen molar-refractivity contribution in [3.8, 4) is 0 Å². The third kappa shape index (κ3) is 6.49. The SMILES string of the molecule is C1CCNC1.CC/C=C(/N=C(\C1=C(C)CN(c2cccc3cccc(Cl)c23)CC1)N1CC2CC(O)C(C1)N2)OC. The molecule has 6 rings (SSSR count). The van der Waals surface area contributed by atoms with Crippen molar-refractivity contribution in [1.82, 2.24) is 15.5 Å². The van der Waals surface area contributed by atoms with Crippen LogP contribution in [0.5, 0.6) is 0 Å². The summed E-state index contributed by atoms with van der Waals surface area (Å²) in [5, 5.41) is 20.3. The van der Waals surface area contributed by atoms with E-state index in [1.807, 2.05) is 18.2 Å². The highest BCUT2D eigenvalue weighted by atomic mass is 35.5. The van der Waals surface area contributed by atoms with Crippen molar-refractivity contribution < 1.29 is 9.84 Å². The molecule has 40 heavy (non-hydrogen) atoms. The van der Waals surface area contributed by atoms with Gasteiger partial charge in [-0.1, -0.05) is 42.8 Å². The number of allylic oxidation sites excluding steroid dienone is 1. The van der Waals surface area contributed by atoms with Crippen molar-refractivity contribution in [2.24, 2.45) is 4.99 Å². The number of methoxy groups -OCH3 is 1. The summed E-state index contributed by atoms with van der Waals surface area (Å²) in [5.74, 6) is 1.64. The molecule has 216 valence electrons. The number of amidine groups is 1. The van der Waals surface area contributed by atoms with E-state index in [0.717, 1.165) is 67.1 Å². The molecule has 3 fully saturated rings. The van der Waals surface area contributed by atoms with E-state index < -0.39 is 0 Å². The Morgan fingerprint density at radius 3 is 2.60 bits per heavy atom. The van der Waals surface area contributed by atoms with Crippen LogP contribution in [0.4, 0.5) is 5.69 Å². The Labute approximate surface area is 243 Å². The van der Waals surface area contributed by atoms with Gasteiger partial charge in [-0.3, -0.25) is 0 Å². The van der Waals surface area contributed by atoms with Crippen LogP contribution in [0.25, 0.3) is 10.8 Å². The summed E-state index contributed by atoms with van der Waals surface area (Å²) in [6, 6.07) is 12.9. The summed E-state index contributed by atoms with van der Waals surface area (Å²) in [5.41, 5.74) is 3.76. The number of halogens is 1. The van der Waals surface area contributed by atoms with Crippen molar-refractivity contribution in [2.45, 2.75) is 64.1 Å². The number of rotatable bonds is 5. The van der Waals surface area contributed by atoms with Crippen LogP contribution in [0, 0.1) is 0 Å². The Bertz CT molecular complexity index is 1260. The molecule has 0 radical (unpaired) electrons. The van der Waals surface area contributed by atoms with E-state index in [9.17, 15) is 5.11 Å². The molecule has 0 aliphatic carbocycles. The topological polar surface area (TPSA) is 72.4 Å². The van der Waals surface area contributed by atoms with Gasteiger partial charge in [0.2, 0.25) is 5.88 Å². The fraction of sp³-hybridized carbons (Fsp3) is 0.531. The molecule has 3 N–H and O–H groups in total. The summed E-state index contributed by atoms with van der Waals surface area (Å²) >= 11 is 6.64. The Morgan fingerprint density at radius 1 is 1.18 bits per heavy atom. The molecular weight excluding hydrogens is 522 g/mol. The molecule has 8 heteroatoms. The fourth-order valence-electron chi connectivity index (χ4n) is 6.37. The highest BCUT2D eigenvalue weighted by Gasteiger charge is 2.40. The number of anilines is 1. The second-order valence-corrected chi connectivity index (χ2v) is 11.7. The van der Waals surface area contributed by atoms with Crippen LogP contribution in [-0.2, 0) is 4.74 Å². The largest absolute Gasteiger partial charge is 0.481 e. The third-order valence-corrected chi connectivity index (χ3v) is 8.69. The molecule has 3 saturated heterocycles. The lowest BCUT2D eigenvalue weighted by Crippen LogP contribution is -2.55. The number of nitrogens with zero attached hydrogens (tertiary/aromatic N) is 3. The average Bonchev–Trinajstić information content (AvgIpc) is 3.63. The molecule has 0 aromatic heterocycles. The maximum atomic E-state index is 10.4. The quantitative estimate of drug-likeness (QED) is 0.266. The lowest BCUT2D eigenvalue weighted by atomic mass is 9.97. The van der Waals surface area contributed by atoms with E-state index in [4.69, 9.17) is 21.3 Å². The van der Waals surface area contributed by atoms with Crippen molar-refractivity contribution in [3.63, 3.8) is 0 Å². The Kier molecular flexibility index (Phi) is 9.68. The van der Waals surface area contributed by atoms with Gasteiger partial charge in [0, 0.05) is 43.3 Å². The molecule has 0 saturated carbocycles. The predicted octanol–water partition coefficient (Wildman–Crippen LogP) is 5.09. The summed E-state index contributed by atoms with van der Waals surface area (Å²) in [6.45, 7) is 10.1. The molecule has 0 spiro atoms. The molecule has 4 aliphatic rings. The zero-order valence-corrected chi connectivity index (χ0v) is 24.9. The lowest BCUT2D eigenvalue weighted by Gasteiger charge is -2.39. The fourth-order valence-corrected chi connectivity index (χ4v) is 6.65. The highest BCUT2D eigenvalue weighted by Crippen LogP contribution is 2.36. The van der Waals surface area contributed by atoms with Crippen LogP contribution in [0.15, 0.2) is 64.5 Å². The van der Waals surface area contributed by atoms with Crippen LogP contribution in [0.3, 0.4) is 0 Å². The average molecular weight is 566 g/mol. The maximum Gasteiger partial charge on any atom is 0.210 e. The Morgan fingerprint density at radius 2 is 1.95 bits per heavy atom. The van der Waals surface area contributed by atoms with E-state index in [1.54, 1.807) is 7.11 Å². The molecule has 2 aromatic carbocycles. The molecule has 0 amide bonds. The van der Waals surface area contributed by atoms with Gasteiger partial charge in [-0.15, -0.1) is 0 Å². The number of aliphatic hydroxyl groups excluding tert-OH is 1. The van der Waals surface area contributed by atoms with Gasteiger partial charge in [0.1, 0.15) is 5.84 Å². The Balaban J connectivity index is 0.000000582. The van der Waals surface area contributed by atoms with Crippen LogP contribution in [0.1, 0.15) is 46.0 Å². The summed E-state index contributed by atoms with van der Waals surface area (Å²) in [6.07, 6.45) is 7.04. The van der Waals surface area contributed by atoms with Gasteiger partial charge in [0.25, 0.3) is 0 Å². The second kappa shape index (κ2) is 13.4. The number of aliphatic hydroxyl groups is 1. The molecule has 3 atom stereocenters. The lowest BCUT2D eigenvalue weighted by molar-refractivity contribution is 0.150. The summed E-state index contributed by atoms with van der Waals surface area (Å²) in [7, 11) is 1.68. The van der Waals surface area contributed by atoms with Crippen LogP contribution in [0.2, 0.25) is 5.02 Å². The number of hydrogen-bond donors (Lipinski definition) is 3. The van der Waals surface area contributed by atoms with Crippen LogP contribution in [-0.4, -0.2) is 80.4 Å². The number of piperazine rings is 1. The first-order chi connectivity index (χ1) is 19.5. The van der Waals surface area contributed by atoms with E-state index in [2.05, 4.69) is 58.5 Å². The summed E-state index contributed by atoms with van der Waals surface area (Å²) in [4.78, 5) is 9.82. The first-order valence-electron chi connectivity index (χ1n) is 14.8. The Hall–Kier alpha value is -2.58. The van der Waals surface area contributed by atoms with Crippen molar-refractivity contribution in [2.75, 3.05) is 51.3 Å². The molecule has 2 aromatic rings. The number of nitrogens with one attached hydrogen (secondary N) is 2. The number of ether oxygens (including phenoxy) is 1. The maximum absolute atomic E-state index is 10.4. The van der Waals surface area contributed by atoms with Gasteiger partial charge >= 0.3 is 0 Å². The minimum atomic E-state index is -0.299. The number of benzene rings is 2. The summed E-state index contributed by atoms with van der Waals surface area (Å²) < 4.78 is 5.61. The van der Waals surface area contributed by atoms with Gasteiger partial charge in [0.05, 0.1) is 24.3 Å². The molecule has 2 bridgehead atoms. The van der Waals surface area contributed by atoms with Crippen LogP contribution >= 0.6 is 11.6 Å². The van der Waals surface area contributed by atoms with E-state index in [1.165, 1.54) is 42.8 Å². The van der Waals surface area contributed by atoms with E-state index in [-0.39, 0.29) is 18.2 Å². The number of aliphatic imine (C=N–C) groups is 1. The van der Waals surface area contributed by atoms with Crippen molar-refractivity contribution >= 4 is 33.9 Å². The smallest absolute Gasteiger partial charge is 0.210 e. The highest BCUT2D eigenvalue weighted by molar-refractivity contribution is 6.36. The van der Waals surface area contributed by atoms with Gasteiger partial charge < -0.3 is 30.3 Å². The second-order valence-electron chi connectivity index (χ2n) is 11.3. The minimum Gasteiger partial charge on any atom is -0.481 e. The first-order valence-corrected chi connectivity index (χ1v) is 15.2. The number of fused-ring (bicyclic) bond motifs is 3. The molecule has 4 heterocycles. The third-order valence-electron chi connectivity index (χ3n) is 8.38. The van der Waals surface area contributed by atoms with Crippen molar-refractivity contribution in [3.05, 3.63) is 64.5 Å². The van der Waals surface area contributed by atoms with Crippen LogP contribution < -0.4 is 15.5 Å². The predicted molar refractivity (Wildman–Crippen MR) is 166 cm³/mol. The molecular formula is C32H44ClN5O2. The first kappa shape index (κ1) is 28.9. The van der Waals surface area contributed by atoms with E-state index >= 15 is 0 Å². The normalized spacial score (nSPS) is 25.4. The molecule has 7 nitrogen and oxygen atoms in total. The zero-order valence-electron chi connectivity index (χ0n) is 24.1. The minimum absolute atomic E-state index is 0.0823.